The van der Waals surface area contributed by atoms with Gasteiger partial charge in [0.05, 0.1) is 0 Å². The second-order valence-electron chi connectivity index (χ2n) is 4.79. The molecule has 20 heavy (non-hydrogen) atoms. The fourth-order valence-corrected chi connectivity index (χ4v) is 2.34. The van der Waals surface area contributed by atoms with Gasteiger partial charge < -0.3 is 15.0 Å². The Bertz CT molecular complexity index is 689. The van der Waals surface area contributed by atoms with Gasteiger partial charge in [0.1, 0.15) is 12.4 Å². The van der Waals surface area contributed by atoms with Crippen molar-refractivity contribution in [1.29, 1.82) is 0 Å². The van der Waals surface area contributed by atoms with E-state index in [0.29, 0.717) is 13.2 Å². The summed E-state index contributed by atoms with van der Waals surface area (Å²) in [7, 11) is 0. The molecule has 0 fully saturated rings. The Morgan fingerprint density at radius 2 is 1.85 bits per heavy atom. The molecule has 2 N–H and O–H groups in total. The van der Waals surface area contributed by atoms with E-state index in [0.717, 1.165) is 12.3 Å². The lowest BCUT2D eigenvalue weighted by Crippen LogP contribution is -2.08. The fourth-order valence-electron chi connectivity index (χ4n) is 2.34. The summed E-state index contributed by atoms with van der Waals surface area (Å²) in [5.41, 5.74) is 7.98. The molecule has 0 saturated heterocycles. The molecule has 0 spiro atoms. The van der Waals surface area contributed by atoms with Crippen molar-refractivity contribution in [3.63, 3.8) is 0 Å². The van der Waals surface area contributed by atoms with Gasteiger partial charge in [-0.15, -0.1) is 0 Å². The van der Waals surface area contributed by atoms with Crippen molar-refractivity contribution < 1.29 is 4.74 Å². The average molecular weight is 266 g/mol. The van der Waals surface area contributed by atoms with Gasteiger partial charge in [-0.2, -0.15) is 0 Å². The van der Waals surface area contributed by atoms with Crippen LogP contribution in [0.5, 0.6) is 5.75 Å². The molecule has 0 atom stereocenters. The van der Waals surface area contributed by atoms with Crippen LogP contribution in [0.2, 0.25) is 0 Å². The highest BCUT2D eigenvalue weighted by Gasteiger charge is 2.02. The molecule has 0 radical (unpaired) electrons. The van der Waals surface area contributed by atoms with Gasteiger partial charge >= 0.3 is 0 Å². The number of aromatic nitrogens is 1. The minimum Gasteiger partial charge on any atom is -0.489 e. The van der Waals surface area contributed by atoms with E-state index in [9.17, 15) is 0 Å². The number of rotatable bonds is 5. The van der Waals surface area contributed by atoms with Crippen molar-refractivity contribution in [3.8, 4) is 5.75 Å². The van der Waals surface area contributed by atoms with Gasteiger partial charge in [0.15, 0.2) is 0 Å². The molecule has 0 aliphatic heterocycles. The lowest BCUT2D eigenvalue weighted by molar-refractivity contribution is 0.306. The van der Waals surface area contributed by atoms with Gasteiger partial charge in [-0.25, -0.2) is 0 Å². The van der Waals surface area contributed by atoms with Crippen molar-refractivity contribution in [2.45, 2.75) is 13.2 Å². The molecule has 3 nitrogen and oxygen atoms in total. The number of nitrogens with two attached hydrogens (primary N) is 1. The lowest BCUT2D eigenvalue weighted by Gasteiger charge is -2.07. The molecular weight excluding hydrogens is 248 g/mol. The molecule has 102 valence electrons. The van der Waals surface area contributed by atoms with E-state index >= 15 is 0 Å². The quantitative estimate of drug-likeness (QED) is 0.770. The minimum absolute atomic E-state index is 0.593. The highest BCUT2D eigenvalue weighted by atomic mass is 16.5. The Labute approximate surface area is 118 Å². The number of hydrogen-bond donors (Lipinski definition) is 1. The SMILES string of the molecule is NCCn1ccc2cc(OCc3ccccc3)ccc21. The first-order valence-electron chi connectivity index (χ1n) is 6.82. The van der Waals surface area contributed by atoms with Gasteiger partial charge in [0.25, 0.3) is 0 Å². The van der Waals surface area contributed by atoms with Gasteiger partial charge in [-0.1, -0.05) is 30.3 Å². The predicted molar refractivity (Wildman–Crippen MR) is 81.8 cm³/mol. The Balaban J connectivity index is 1.76. The van der Waals surface area contributed by atoms with E-state index in [1.165, 1.54) is 16.5 Å². The van der Waals surface area contributed by atoms with Crippen LogP contribution < -0.4 is 10.5 Å². The van der Waals surface area contributed by atoms with E-state index in [1.54, 1.807) is 0 Å². The van der Waals surface area contributed by atoms with E-state index in [2.05, 4.69) is 41.1 Å². The van der Waals surface area contributed by atoms with E-state index in [4.69, 9.17) is 10.5 Å². The van der Waals surface area contributed by atoms with Crippen molar-refractivity contribution in [2.75, 3.05) is 6.54 Å². The van der Waals surface area contributed by atoms with Crippen LogP contribution in [0.1, 0.15) is 5.56 Å². The second kappa shape index (κ2) is 5.80. The minimum atomic E-state index is 0.593. The van der Waals surface area contributed by atoms with Crippen LogP contribution in [-0.4, -0.2) is 11.1 Å². The molecule has 3 heteroatoms. The smallest absolute Gasteiger partial charge is 0.120 e. The topological polar surface area (TPSA) is 40.2 Å². The molecule has 0 aliphatic rings. The van der Waals surface area contributed by atoms with Crippen LogP contribution in [0.4, 0.5) is 0 Å². The van der Waals surface area contributed by atoms with Gasteiger partial charge in [0, 0.05) is 30.2 Å². The van der Waals surface area contributed by atoms with Crippen LogP contribution in [0, 0.1) is 0 Å². The van der Waals surface area contributed by atoms with Crippen LogP contribution in [0.3, 0.4) is 0 Å². The monoisotopic (exact) mass is 266 g/mol. The molecular formula is C17H18N2O. The summed E-state index contributed by atoms with van der Waals surface area (Å²) in [6.45, 7) is 2.08. The Hall–Kier alpha value is -2.26. The standard InChI is InChI=1S/C17H18N2O/c18-9-11-19-10-8-15-12-16(6-7-17(15)19)20-13-14-4-2-1-3-5-14/h1-8,10,12H,9,11,13,18H2. The van der Waals surface area contributed by atoms with Gasteiger partial charge in [-0.05, 0) is 29.8 Å². The highest BCUT2D eigenvalue weighted by Crippen LogP contribution is 2.22. The summed E-state index contributed by atoms with van der Waals surface area (Å²) < 4.78 is 8.00. The van der Waals surface area contributed by atoms with Crippen molar-refractivity contribution in [3.05, 3.63) is 66.4 Å². The second-order valence-corrected chi connectivity index (χ2v) is 4.79. The molecule has 0 saturated carbocycles. The van der Waals surface area contributed by atoms with E-state index in [1.807, 2.05) is 24.3 Å². The number of benzene rings is 2. The third-order valence-corrected chi connectivity index (χ3v) is 3.36. The Morgan fingerprint density at radius 1 is 1.00 bits per heavy atom. The summed E-state index contributed by atoms with van der Waals surface area (Å²) in [6, 6.07) is 18.5. The first-order valence-corrected chi connectivity index (χ1v) is 6.82. The summed E-state index contributed by atoms with van der Waals surface area (Å²) in [5.74, 6) is 0.895. The summed E-state index contributed by atoms with van der Waals surface area (Å²) in [6.07, 6.45) is 2.07. The summed E-state index contributed by atoms with van der Waals surface area (Å²) in [4.78, 5) is 0. The molecule has 3 rings (SSSR count). The van der Waals surface area contributed by atoms with Crippen molar-refractivity contribution >= 4 is 10.9 Å². The summed E-state index contributed by atoms with van der Waals surface area (Å²) in [5, 5.41) is 1.18. The molecule has 2 aromatic carbocycles. The van der Waals surface area contributed by atoms with E-state index in [-0.39, 0.29) is 0 Å². The van der Waals surface area contributed by atoms with Crippen LogP contribution in [-0.2, 0) is 13.2 Å². The van der Waals surface area contributed by atoms with Crippen molar-refractivity contribution in [2.24, 2.45) is 5.73 Å². The third kappa shape index (κ3) is 2.68. The fraction of sp³-hybridized carbons (Fsp3) is 0.176. The number of fused-ring (bicyclic) bond motifs is 1. The molecule has 1 heterocycles. The summed E-state index contributed by atoms with van der Waals surface area (Å²) >= 11 is 0. The Morgan fingerprint density at radius 3 is 2.65 bits per heavy atom. The average Bonchev–Trinajstić information content (AvgIpc) is 2.89. The zero-order valence-electron chi connectivity index (χ0n) is 11.3. The molecule has 0 bridgehead atoms. The molecule has 0 amide bonds. The first-order chi connectivity index (χ1) is 9.86. The maximum absolute atomic E-state index is 5.84. The number of ether oxygens (including phenoxy) is 1. The predicted octanol–water partition coefficient (Wildman–Crippen LogP) is 3.18. The number of nitrogens with zero attached hydrogens (tertiary/aromatic N) is 1. The largest absolute Gasteiger partial charge is 0.489 e. The van der Waals surface area contributed by atoms with Gasteiger partial charge in [-0.3, -0.25) is 0 Å². The first kappa shape index (κ1) is 12.8. The van der Waals surface area contributed by atoms with Crippen LogP contribution in [0.25, 0.3) is 10.9 Å². The maximum atomic E-state index is 5.84. The normalized spacial score (nSPS) is 10.8. The third-order valence-electron chi connectivity index (χ3n) is 3.36. The zero-order chi connectivity index (χ0) is 13.8. The van der Waals surface area contributed by atoms with Crippen molar-refractivity contribution in [1.82, 2.24) is 4.57 Å². The molecule has 1 aromatic heterocycles. The zero-order valence-corrected chi connectivity index (χ0v) is 11.3. The lowest BCUT2D eigenvalue weighted by atomic mass is 10.2. The molecule has 0 aliphatic carbocycles. The Kier molecular flexibility index (Phi) is 3.70. The molecule has 0 unspecified atom stereocenters. The van der Waals surface area contributed by atoms with Crippen LogP contribution in [0.15, 0.2) is 60.8 Å². The molecule has 3 aromatic rings. The van der Waals surface area contributed by atoms with E-state index < -0.39 is 0 Å². The number of hydrogen-bond acceptors (Lipinski definition) is 2. The maximum Gasteiger partial charge on any atom is 0.120 e. The van der Waals surface area contributed by atoms with Crippen LogP contribution >= 0.6 is 0 Å². The highest BCUT2D eigenvalue weighted by molar-refractivity contribution is 5.81. The van der Waals surface area contributed by atoms with Gasteiger partial charge in [0.2, 0.25) is 0 Å².